The monoisotopic (exact) mass is 414 g/mol. The molecule has 0 bridgehead atoms. The van der Waals surface area contributed by atoms with Gasteiger partial charge in [0.25, 0.3) is 5.91 Å². The number of nitrogens with zero attached hydrogens (tertiary/aromatic N) is 2. The van der Waals surface area contributed by atoms with Crippen LogP contribution in [0.5, 0.6) is 0 Å². The smallest absolute Gasteiger partial charge is 0.325 e. The molecule has 2 aliphatic heterocycles. The van der Waals surface area contributed by atoms with Gasteiger partial charge in [0, 0.05) is 38.3 Å². The minimum absolute atomic E-state index is 0.0862. The average Bonchev–Trinajstić information content (AvgIpc) is 2.97. The molecule has 1 aliphatic carbocycles. The van der Waals surface area contributed by atoms with Gasteiger partial charge in [0.15, 0.2) is 0 Å². The number of benzene rings is 1. The lowest BCUT2D eigenvalue weighted by atomic mass is 9.82. The van der Waals surface area contributed by atoms with Crippen LogP contribution < -0.4 is 10.6 Å². The summed E-state index contributed by atoms with van der Waals surface area (Å²) >= 11 is 0. The summed E-state index contributed by atoms with van der Waals surface area (Å²) in [6, 6.07) is 7.42. The van der Waals surface area contributed by atoms with E-state index < -0.39 is 5.54 Å². The van der Waals surface area contributed by atoms with E-state index in [1.807, 2.05) is 24.3 Å². The van der Waals surface area contributed by atoms with Crippen LogP contribution in [0.4, 0.5) is 10.5 Å². The molecule has 3 fully saturated rings. The highest BCUT2D eigenvalue weighted by molar-refractivity contribution is 6.07. The van der Waals surface area contributed by atoms with Gasteiger partial charge in [-0.25, -0.2) is 4.79 Å². The number of imide groups is 1. The van der Waals surface area contributed by atoms with Gasteiger partial charge in [-0.2, -0.15) is 0 Å². The van der Waals surface area contributed by atoms with Crippen molar-refractivity contribution in [2.75, 3.05) is 38.2 Å². The van der Waals surface area contributed by atoms with Gasteiger partial charge < -0.3 is 15.4 Å². The Morgan fingerprint density at radius 1 is 1.13 bits per heavy atom. The molecular weight excluding hydrogens is 384 g/mol. The van der Waals surface area contributed by atoms with Crippen molar-refractivity contribution in [3.05, 3.63) is 29.8 Å². The highest BCUT2D eigenvalue weighted by Crippen LogP contribution is 2.33. The Hall–Kier alpha value is -2.45. The van der Waals surface area contributed by atoms with Crippen LogP contribution >= 0.6 is 0 Å². The lowest BCUT2D eigenvalue weighted by Crippen LogP contribution is -2.48. The second-order valence-electron chi connectivity index (χ2n) is 8.42. The van der Waals surface area contributed by atoms with E-state index in [2.05, 4.69) is 15.5 Å². The third-order valence-electron chi connectivity index (χ3n) is 6.24. The van der Waals surface area contributed by atoms with Crippen molar-refractivity contribution >= 4 is 23.5 Å². The quantitative estimate of drug-likeness (QED) is 0.696. The molecule has 4 rings (SSSR count). The number of ether oxygens (including phenoxy) is 1. The number of urea groups is 1. The van der Waals surface area contributed by atoms with Gasteiger partial charge >= 0.3 is 6.03 Å². The molecule has 30 heavy (non-hydrogen) atoms. The number of carbonyl (C=O) groups is 3. The Labute approximate surface area is 176 Å². The number of carbonyl (C=O) groups excluding carboxylic acids is 3. The van der Waals surface area contributed by atoms with Crippen molar-refractivity contribution in [2.24, 2.45) is 0 Å². The largest absolute Gasteiger partial charge is 0.379 e. The van der Waals surface area contributed by atoms with E-state index in [-0.39, 0.29) is 30.8 Å². The van der Waals surface area contributed by atoms with Gasteiger partial charge in [-0.05, 0) is 30.5 Å². The molecule has 1 saturated carbocycles. The first-order chi connectivity index (χ1) is 14.6. The number of anilines is 1. The Morgan fingerprint density at radius 2 is 1.90 bits per heavy atom. The first kappa shape index (κ1) is 20.8. The van der Waals surface area contributed by atoms with Crippen LogP contribution in [0.1, 0.15) is 44.1 Å². The topological polar surface area (TPSA) is 91.0 Å². The Balaban J connectivity index is 1.29. The fraction of sp³-hybridized carbons (Fsp3) is 0.591. The first-order valence-electron chi connectivity index (χ1n) is 10.9. The summed E-state index contributed by atoms with van der Waals surface area (Å²) in [6.45, 7) is 4.23. The molecule has 3 aliphatic rings. The van der Waals surface area contributed by atoms with E-state index in [0.717, 1.165) is 63.4 Å². The summed E-state index contributed by atoms with van der Waals surface area (Å²) in [7, 11) is 0. The van der Waals surface area contributed by atoms with E-state index in [4.69, 9.17) is 4.74 Å². The van der Waals surface area contributed by atoms with Gasteiger partial charge in [-0.3, -0.25) is 19.4 Å². The molecule has 8 nitrogen and oxygen atoms in total. The van der Waals surface area contributed by atoms with Crippen LogP contribution in [0.15, 0.2) is 24.3 Å². The van der Waals surface area contributed by atoms with E-state index in [1.54, 1.807) is 0 Å². The fourth-order valence-electron chi connectivity index (χ4n) is 4.58. The van der Waals surface area contributed by atoms with Gasteiger partial charge in [0.05, 0.1) is 13.2 Å². The normalized spacial score (nSPS) is 21.7. The number of hydrogen-bond acceptors (Lipinski definition) is 5. The highest BCUT2D eigenvalue weighted by atomic mass is 16.5. The lowest BCUT2D eigenvalue weighted by molar-refractivity contribution is -0.132. The zero-order valence-corrected chi connectivity index (χ0v) is 17.3. The molecule has 8 heteroatoms. The van der Waals surface area contributed by atoms with Crippen molar-refractivity contribution in [3.8, 4) is 0 Å². The first-order valence-corrected chi connectivity index (χ1v) is 10.9. The minimum atomic E-state index is -0.736. The molecule has 0 unspecified atom stereocenters. The number of amides is 4. The predicted molar refractivity (Wildman–Crippen MR) is 112 cm³/mol. The summed E-state index contributed by atoms with van der Waals surface area (Å²) in [5.74, 6) is -0.378. The molecule has 162 valence electrons. The molecule has 2 N–H and O–H groups in total. The highest BCUT2D eigenvalue weighted by Gasteiger charge is 2.51. The Morgan fingerprint density at radius 3 is 2.67 bits per heavy atom. The third-order valence-corrected chi connectivity index (χ3v) is 6.24. The van der Waals surface area contributed by atoms with Crippen LogP contribution in [-0.2, 0) is 20.9 Å². The summed E-state index contributed by atoms with van der Waals surface area (Å²) in [5.41, 5.74) is 1.12. The summed E-state index contributed by atoms with van der Waals surface area (Å²) < 4.78 is 5.38. The van der Waals surface area contributed by atoms with E-state index >= 15 is 0 Å². The molecule has 2 saturated heterocycles. The van der Waals surface area contributed by atoms with Crippen molar-refractivity contribution < 1.29 is 19.1 Å². The predicted octanol–water partition coefficient (Wildman–Crippen LogP) is 2.10. The van der Waals surface area contributed by atoms with E-state index in [0.29, 0.717) is 12.8 Å². The maximum Gasteiger partial charge on any atom is 0.325 e. The number of hydrogen-bond donors (Lipinski definition) is 2. The van der Waals surface area contributed by atoms with Crippen molar-refractivity contribution in [1.29, 1.82) is 0 Å². The van der Waals surface area contributed by atoms with E-state index in [9.17, 15) is 14.4 Å². The van der Waals surface area contributed by atoms with E-state index in [1.165, 1.54) is 4.90 Å². The molecule has 0 radical (unpaired) electrons. The zero-order chi connectivity index (χ0) is 21.0. The van der Waals surface area contributed by atoms with Crippen LogP contribution in [0, 0.1) is 0 Å². The minimum Gasteiger partial charge on any atom is -0.379 e. The van der Waals surface area contributed by atoms with Gasteiger partial charge in [-0.15, -0.1) is 0 Å². The van der Waals surface area contributed by atoms with Crippen molar-refractivity contribution in [2.45, 2.75) is 50.6 Å². The van der Waals surface area contributed by atoms with Crippen LogP contribution in [0.3, 0.4) is 0 Å². The summed E-state index contributed by atoms with van der Waals surface area (Å²) in [6.07, 6.45) is 4.45. The average molecular weight is 415 g/mol. The second-order valence-corrected chi connectivity index (χ2v) is 8.42. The van der Waals surface area contributed by atoms with Crippen molar-refractivity contribution in [3.63, 3.8) is 0 Å². The molecular formula is C22H30N4O4. The second kappa shape index (κ2) is 9.14. The number of morpholine rings is 1. The molecule has 1 spiro atoms. The van der Waals surface area contributed by atoms with Crippen molar-refractivity contribution in [1.82, 2.24) is 15.1 Å². The zero-order valence-electron chi connectivity index (χ0n) is 17.3. The summed E-state index contributed by atoms with van der Waals surface area (Å²) in [5, 5.41) is 5.77. The molecule has 0 atom stereocenters. The van der Waals surface area contributed by atoms with Gasteiger partial charge in [0.2, 0.25) is 5.91 Å². The number of rotatable bonds is 6. The summed E-state index contributed by atoms with van der Waals surface area (Å²) in [4.78, 5) is 41.1. The molecule has 4 amide bonds. The molecule has 0 aromatic heterocycles. The van der Waals surface area contributed by atoms with Gasteiger partial charge in [-0.1, -0.05) is 31.4 Å². The van der Waals surface area contributed by atoms with Crippen LogP contribution in [-0.4, -0.2) is 66.0 Å². The SMILES string of the molecule is O=C(CCN1C(=O)NC2(CCCCC2)C1=O)Nc1cccc(CN2CCOCC2)c1. The van der Waals surface area contributed by atoms with Gasteiger partial charge in [0.1, 0.15) is 5.54 Å². The van der Waals surface area contributed by atoms with Crippen LogP contribution in [0.25, 0.3) is 0 Å². The Kier molecular flexibility index (Phi) is 6.34. The van der Waals surface area contributed by atoms with Crippen LogP contribution in [0.2, 0.25) is 0 Å². The fourth-order valence-corrected chi connectivity index (χ4v) is 4.58. The number of nitrogens with one attached hydrogen (secondary N) is 2. The Bertz CT molecular complexity index is 800. The maximum absolute atomic E-state index is 12.8. The molecule has 1 aromatic rings. The standard InChI is InChI=1S/C22H30N4O4/c27-19(7-10-26-20(28)22(24-21(26)29)8-2-1-3-9-22)23-18-6-4-5-17(15-18)16-25-11-13-30-14-12-25/h4-6,15H,1-3,7-14,16H2,(H,23,27)(H,24,29). The molecule has 1 aromatic carbocycles. The molecule has 2 heterocycles. The third kappa shape index (κ3) is 4.65. The lowest BCUT2D eigenvalue weighted by Gasteiger charge is -2.30. The maximum atomic E-state index is 12.8.